The van der Waals surface area contributed by atoms with Gasteiger partial charge in [-0.25, -0.2) is 4.39 Å². The summed E-state index contributed by atoms with van der Waals surface area (Å²) in [5.74, 6) is -1.88. The molecule has 1 spiro atoms. The molecule has 33 heavy (non-hydrogen) atoms. The van der Waals surface area contributed by atoms with Gasteiger partial charge >= 0.3 is 6.18 Å². The van der Waals surface area contributed by atoms with Gasteiger partial charge in [-0.15, -0.1) is 0 Å². The van der Waals surface area contributed by atoms with Gasteiger partial charge in [-0.2, -0.15) is 13.2 Å². The van der Waals surface area contributed by atoms with Crippen LogP contribution in [0.5, 0.6) is 0 Å². The molecule has 0 aromatic heterocycles. The molecular weight excluding hydrogens is 504 g/mol. The summed E-state index contributed by atoms with van der Waals surface area (Å²) in [5.41, 5.74) is -1.08. The number of rotatable bonds is 3. The number of amides is 2. The van der Waals surface area contributed by atoms with E-state index in [1.807, 2.05) is 24.3 Å². The molecule has 0 atom stereocenters. The number of piperidine rings is 1. The van der Waals surface area contributed by atoms with Crippen molar-refractivity contribution in [3.05, 3.63) is 75.5 Å². The molecule has 4 rings (SSSR count). The molecule has 174 valence electrons. The van der Waals surface area contributed by atoms with Crippen molar-refractivity contribution >= 4 is 33.8 Å². The highest BCUT2D eigenvalue weighted by atomic mass is 79.9. The Morgan fingerprint density at radius 3 is 2.21 bits per heavy atom. The Hall–Kier alpha value is -2.68. The highest BCUT2D eigenvalue weighted by molar-refractivity contribution is 9.10. The summed E-state index contributed by atoms with van der Waals surface area (Å²) in [7, 11) is 0. The molecule has 4 nitrogen and oxygen atoms in total. The van der Waals surface area contributed by atoms with E-state index in [0.29, 0.717) is 45.1 Å². The van der Waals surface area contributed by atoms with Crippen LogP contribution in [0.15, 0.2) is 53.0 Å². The van der Waals surface area contributed by atoms with Gasteiger partial charge in [0.05, 0.1) is 11.1 Å². The number of carbonyl (C=O) groups is 2. The molecule has 2 aliphatic heterocycles. The van der Waals surface area contributed by atoms with Gasteiger partial charge < -0.3 is 9.80 Å². The first kappa shape index (κ1) is 23.5. The van der Waals surface area contributed by atoms with Gasteiger partial charge in [-0.1, -0.05) is 28.1 Å². The number of halogens is 5. The van der Waals surface area contributed by atoms with E-state index in [1.54, 1.807) is 11.0 Å². The standard InChI is InChI=1S/C24H21BrF4N2O2/c25-17-4-1-16(2-5-17)3-8-21(32)30-11-9-23(10-12-30)14-31(15-23)22(33)19-7-6-18(26)13-20(19)24(27,28)29/h1-8,13H,9-12,14-15H2/b8-3+. The number of hydrogen-bond acceptors (Lipinski definition) is 2. The summed E-state index contributed by atoms with van der Waals surface area (Å²) < 4.78 is 54.0. The zero-order valence-electron chi connectivity index (χ0n) is 17.5. The fourth-order valence-corrected chi connectivity index (χ4v) is 4.64. The number of carbonyl (C=O) groups excluding carboxylic acids is 2. The van der Waals surface area contributed by atoms with Gasteiger partial charge in [0.15, 0.2) is 0 Å². The summed E-state index contributed by atoms with van der Waals surface area (Å²) in [5, 5.41) is 0. The molecule has 2 saturated heterocycles. The molecule has 9 heteroatoms. The quantitative estimate of drug-likeness (QED) is 0.399. The first-order valence-corrected chi connectivity index (χ1v) is 11.2. The van der Waals surface area contributed by atoms with Crippen molar-refractivity contribution in [1.82, 2.24) is 9.80 Å². The average molecular weight is 525 g/mol. The smallest absolute Gasteiger partial charge is 0.339 e. The zero-order chi connectivity index (χ0) is 23.8. The van der Waals surface area contributed by atoms with E-state index in [2.05, 4.69) is 15.9 Å². The van der Waals surface area contributed by atoms with E-state index in [1.165, 1.54) is 11.0 Å². The molecule has 0 aliphatic carbocycles. The minimum absolute atomic E-state index is 0.0962. The van der Waals surface area contributed by atoms with Crippen LogP contribution in [0.1, 0.15) is 34.3 Å². The Kier molecular flexibility index (Phi) is 6.35. The van der Waals surface area contributed by atoms with Gasteiger partial charge in [-0.3, -0.25) is 9.59 Å². The van der Waals surface area contributed by atoms with Crippen LogP contribution in [-0.4, -0.2) is 47.8 Å². The van der Waals surface area contributed by atoms with E-state index in [4.69, 9.17) is 0 Å². The molecule has 0 unspecified atom stereocenters. The van der Waals surface area contributed by atoms with Crippen LogP contribution in [0, 0.1) is 11.2 Å². The van der Waals surface area contributed by atoms with E-state index >= 15 is 0 Å². The van der Waals surface area contributed by atoms with Gasteiger partial charge in [0.1, 0.15) is 5.82 Å². The Morgan fingerprint density at radius 2 is 1.61 bits per heavy atom. The topological polar surface area (TPSA) is 40.6 Å². The second-order valence-electron chi connectivity index (χ2n) is 8.56. The van der Waals surface area contributed by atoms with Crippen molar-refractivity contribution in [3.63, 3.8) is 0 Å². The number of hydrogen-bond donors (Lipinski definition) is 0. The Bertz CT molecular complexity index is 1080. The summed E-state index contributed by atoms with van der Waals surface area (Å²) >= 11 is 3.36. The number of alkyl halides is 3. The maximum absolute atomic E-state index is 13.3. The van der Waals surface area contributed by atoms with Crippen molar-refractivity contribution in [2.45, 2.75) is 19.0 Å². The van der Waals surface area contributed by atoms with E-state index in [-0.39, 0.29) is 11.3 Å². The van der Waals surface area contributed by atoms with Crippen LogP contribution in [0.25, 0.3) is 6.08 Å². The lowest BCUT2D eigenvalue weighted by atomic mass is 9.71. The normalized spacial score (nSPS) is 18.0. The summed E-state index contributed by atoms with van der Waals surface area (Å²) in [6, 6.07) is 9.68. The first-order chi connectivity index (χ1) is 15.6. The molecule has 2 fully saturated rings. The number of nitrogens with zero attached hydrogens (tertiary/aromatic N) is 2. The fraction of sp³-hybridized carbons (Fsp3) is 0.333. The van der Waals surface area contributed by atoms with Gasteiger partial charge in [0, 0.05) is 42.1 Å². The molecule has 0 radical (unpaired) electrons. The Labute approximate surface area is 197 Å². The van der Waals surface area contributed by atoms with Crippen molar-refractivity contribution in [1.29, 1.82) is 0 Å². The fourth-order valence-electron chi connectivity index (χ4n) is 4.38. The van der Waals surface area contributed by atoms with Gasteiger partial charge in [0.25, 0.3) is 5.91 Å². The molecule has 2 amide bonds. The largest absolute Gasteiger partial charge is 0.417 e. The maximum atomic E-state index is 13.3. The lowest BCUT2D eigenvalue weighted by Crippen LogP contribution is -2.62. The average Bonchev–Trinajstić information content (AvgIpc) is 2.76. The molecule has 2 heterocycles. The first-order valence-electron chi connectivity index (χ1n) is 10.4. The van der Waals surface area contributed by atoms with Crippen LogP contribution in [-0.2, 0) is 11.0 Å². The molecule has 0 bridgehead atoms. The van der Waals surface area contributed by atoms with Gasteiger partial charge in [-0.05, 0) is 54.8 Å². The van der Waals surface area contributed by atoms with Crippen molar-refractivity contribution in [3.8, 4) is 0 Å². The molecule has 0 N–H and O–H groups in total. The van der Waals surface area contributed by atoms with E-state index < -0.39 is 29.0 Å². The lowest BCUT2D eigenvalue weighted by molar-refractivity contribution is -0.138. The van der Waals surface area contributed by atoms with E-state index in [9.17, 15) is 27.2 Å². The zero-order valence-corrected chi connectivity index (χ0v) is 19.1. The summed E-state index contributed by atoms with van der Waals surface area (Å²) in [6.45, 7) is 1.71. The lowest BCUT2D eigenvalue weighted by Gasteiger charge is -2.54. The predicted octanol–water partition coefficient (Wildman–Crippen LogP) is 5.39. The highest BCUT2D eigenvalue weighted by Gasteiger charge is 2.48. The minimum Gasteiger partial charge on any atom is -0.339 e. The van der Waals surface area contributed by atoms with Crippen LogP contribution in [0.3, 0.4) is 0 Å². The minimum atomic E-state index is -4.81. The third-order valence-electron chi connectivity index (χ3n) is 6.28. The molecule has 2 aromatic rings. The number of benzene rings is 2. The third-order valence-corrected chi connectivity index (χ3v) is 6.81. The molecule has 2 aromatic carbocycles. The number of likely N-dealkylation sites (tertiary alicyclic amines) is 2. The Morgan fingerprint density at radius 1 is 0.970 bits per heavy atom. The predicted molar refractivity (Wildman–Crippen MR) is 119 cm³/mol. The second-order valence-corrected chi connectivity index (χ2v) is 9.47. The summed E-state index contributed by atoms with van der Waals surface area (Å²) in [6.07, 6.45) is -0.186. The van der Waals surface area contributed by atoms with Gasteiger partial charge in [0.2, 0.25) is 5.91 Å². The van der Waals surface area contributed by atoms with Crippen molar-refractivity contribution in [2.75, 3.05) is 26.2 Å². The Balaban J connectivity index is 1.33. The van der Waals surface area contributed by atoms with Crippen molar-refractivity contribution < 1.29 is 27.2 Å². The maximum Gasteiger partial charge on any atom is 0.417 e. The highest BCUT2D eigenvalue weighted by Crippen LogP contribution is 2.42. The van der Waals surface area contributed by atoms with Crippen molar-refractivity contribution in [2.24, 2.45) is 5.41 Å². The monoisotopic (exact) mass is 524 g/mol. The van der Waals surface area contributed by atoms with Crippen LogP contribution >= 0.6 is 15.9 Å². The van der Waals surface area contributed by atoms with Crippen LogP contribution < -0.4 is 0 Å². The molecule has 0 saturated carbocycles. The molecule has 2 aliphatic rings. The third kappa shape index (κ3) is 5.13. The van der Waals surface area contributed by atoms with Crippen LogP contribution in [0.2, 0.25) is 0 Å². The van der Waals surface area contributed by atoms with Crippen LogP contribution in [0.4, 0.5) is 17.6 Å². The molecular formula is C24H21BrF4N2O2. The van der Waals surface area contributed by atoms with E-state index in [0.717, 1.165) is 22.2 Å². The SMILES string of the molecule is O=C(/C=C/c1ccc(Br)cc1)N1CCC2(CC1)CN(C(=O)c1ccc(F)cc1C(F)(F)F)C2. The second kappa shape index (κ2) is 8.93. The summed E-state index contributed by atoms with van der Waals surface area (Å²) in [4.78, 5) is 28.3.